The van der Waals surface area contributed by atoms with Crippen molar-refractivity contribution in [2.75, 3.05) is 0 Å². The topological polar surface area (TPSA) is 61.7 Å². The number of hydrogen-bond acceptors (Lipinski definition) is 3. The van der Waals surface area contributed by atoms with Crippen LogP contribution in [0.2, 0.25) is 10.0 Å². The molecule has 0 saturated carbocycles. The van der Waals surface area contributed by atoms with Crippen LogP contribution in [0.1, 0.15) is 21.5 Å². The Hall–Kier alpha value is -2.04. The van der Waals surface area contributed by atoms with Crippen LogP contribution >= 0.6 is 23.2 Å². The van der Waals surface area contributed by atoms with Crippen molar-refractivity contribution in [1.29, 1.82) is 0 Å². The molecule has 4 nitrogen and oxygen atoms in total. The van der Waals surface area contributed by atoms with Crippen LogP contribution in [0.15, 0.2) is 41.5 Å². The van der Waals surface area contributed by atoms with Crippen LogP contribution in [0.5, 0.6) is 5.75 Å². The summed E-state index contributed by atoms with van der Waals surface area (Å²) in [7, 11) is 0. The number of rotatable bonds is 3. The molecule has 6 heteroatoms. The SMILES string of the molecule is Cc1ccc(C(=O)N/N=C/c2c(Cl)ccc(Cl)c2O)cc1. The highest BCUT2D eigenvalue weighted by molar-refractivity contribution is 6.36. The minimum atomic E-state index is -0.358. The van der Waals surface area contributed by atoms with E-state index in [4.69, 9.17) is 23.2 Å². The maximum atomic E-state index is 11.8. The fourth-order valence-corrected chi connectivity index (χ4v) is 1.97. The van der Waals surface area contributed by atoms with Crippen LogP contribution in [-0.2, 0) is 0 Å². The minimum Gasteiger partial charge on any atom is -0.506 e. The molecule has 2 aromatic rings. The number of hydrogen-bond donors (Lipinski definition) is 2. The number of aryl methyl sites for hydroxylation is 1. The lowest BCUT2D eigenvalue weighted by atomic mass is 10.1. The van der Waals surface area contributed by atoms with Crippen LogP contribution in [0, 0.1) is 6.92 Å². The van der Waals surface area contributed by atoms with Crippen molar-refractivity contribution in [1.82, 2.24) is 5.43 Å². The van der Waals surface area contributed by atoms with E-state index in [0.717, 1.165) is 5.56 Å². The summed E-state index contributed by atoms with van der Waals surface area (Å²) in [6, 6.07) is 10.1. The second-order valence-corrected chi connectivity index (χ2v) is 5.17. The number of amides is 1. The van der Waals surface area contributed by atoms with Gasteiger partial charge in [-0.05, 0) is 31.2 Å². The van der Waals surface area contributed by atoms with Gasteiger partial charge in [-0.15, -0.1) is 0 Å². The zero-order valence-electron chi connectivity index (χ0n) is 11.1. The first-order valence-corrected chi connectivity index (χ1v) is 6.81. The Morgan fingerprint density at radius 1 is 1.14 bits per heavy atom. The molecule has 0 spiro atoms. The number of hydrazone groups is 1. The van der Waals surface area contributed by atoms with E-state index in [9.17, 15) is 9.90 Å². The van der Waals surface area contributed by atoms with Gasteiger partial charge in [0.2, 0.25) is 0 Å². The number of nitrogens with one attached hydrogen (secondary N) is 1. The van der Waals surface area contributed by atoms with Gasteiger partial charge in [0.15, 0.2) is 0 Å². The first-order valence-electron chi connectivity index (χ1n) is 6.06. The van der Waals surface area contributed by atoms with Gasteiger partial charge in [-0.3, -0.25) is 4.79 Å². The van der Waals surface area contributed by atoms with Crippen LogP contribution in [0.4, 0.5) is 0 Å². The summed E-state index contributed by atoms with van der Waals surface area (Å²) in [6.45, 7) is 1.93. The first kappa shape index (κ1) is 15.4. The van der Waals surface area contributed by atoms with Gasteiger partial charge in [0, 0.05) is 5.56 Å². The molecule has 0 fully saturated rings. The maximum Gasteiger partial charge on any atom is 0.271 e. The highest BCUT2D eigenvalue weighted by atomic mass is 35.5. The Bertz CT molecular complexity index is 698. The lowest BCUT2D eigenvalue weighted by Crippen LogP contribution is -2.17. The molecule has 2 N–H and O–H groups in total. The highest BCUT2D eigenvalue weighted by Gasteiger charge is 2.08. The molecule has 0 aliphatic rings. The quantitative estimate of drug-likeness (QED) is 0.667. The van der Waals surface area contributed by atoms with Crippen molar-refractivity contribution in [2.24, 2.45) is 5.10 Å². The number of carbonyl (C=O) groups is 1. The number of halogens is 2. The Morgan fingerprint density at radius 2 is 1.76 bits per heavy atom. The molecule has 108 valence electrons. The number of phenolic OH excluding ortho intramolecular Hbond substituents is 1. The summed E-state index contributed by atoms with van der Waals surface area (Å²) in [5.74, 6) is -0.540. The average Bonchev–Trinajstić information content (AvgIpc) is 2.47. The number of phenols is 1. The van der Waals surface area contributed by atoms with Crippen molar-refractivity contribution in [3.63, 3.8) is 0 Å². The van der Waals surface area contributed by atoms with Gasteiger partial charge in [0.25, 0.3) is 5.91 Å². The molecule has 0 aliphatic carbocycles. The number of carbonyl (C=O) groups excluding carboxylic acids is 1. The van der Waals surface area contributed by atoms with Gasteiger partial charge in [-0.1, -0.05) is 40.9 Å². The zero-order chi connectivity index (χ0) is 15.4. The molecule has 2 rings (SSSR count). The fourth-order valence-electron chi connectivity index (χ4n) is 1.60. The first-order chi connectivity index (χ1) is 9.99. The third kappa shape index (κ3) is 3.74. The standard InChI is InChI=1S/C15H12Cl2N2O2/c1-9-2-4-10(5-3-9)15(21)19-18-8-11-12(16)6-7-13(17)14(11)20/h2-8,20H,1H3,(H,19,21)/b18-8+. The Balaban J connectivity index is 2.11. The summed E-state index contributed by atoms with van der Waals surface area (Å²) in [6.07, 6.45) is 1.25. The predicted octanol–water partition coefficient (Wildman–Crippen LogP) is 3.77. The van der Waals surface area contributed by atoms with Crippen molar-refractivity contribution in [3.8, 4) is 5.75 Å². The van der Waals surface area contributed by atoms with Gasteiger partial charge < -0.3 is 5.11 Å². The van der Waals surface area contributed by atoms with Gasteiger partial charge >= 0.3 is 0 Å². The predicted molar refractivity (Wildman–Crippen MR) is 84.4 cm³/mol. The minimum absolute atomic E-state index is 0.158. The molecule has 0 unspecified atom stereocenters. The van der Waals surface area contributed by atoms with Gasteiger partial charge in [0.1, 0.15) is 5.75 Å². The summed E-state index contributed by atoms with van der Waals surface area (Å²) in [5, 5.41) is 14.0. The van der Waals surface area contributed by atoms with Crippen molar-refractivity contribution >= 4 is 35.3 Å². The van der Waals surface area contributed by atoms with Gasteiger partial charge in [-0.25, -0.2) is 5.43 Å². The molecule has 0 aromatic heterocycles. The highest BCUT2D eigenvalue weighted by Crippen LogP contribution is 2.31. The van der Waals surface area contributed by atoms with E-state index in [-0.39, 0.29) is 27.3 Å². The molecule has 0 aliphatic heterocycles. The molecule has 0 saturated heterocycles. The van der Waals surface area contributed by atoms with Crippen molar-refractivity contribution in [3.05, 3.63) is 63.1 Å². The van der Waals surface area contributed by atoms with Gasteiger partial charge in [-0.2, -0.15) is 5.10 Å². The van der Waals surface area contributed by atoms with Crippen LogP contribution in [-0.4, -0.2) is 17.2 Å². The zero-order valence-corrected chi connectivity index (χ0v) is 12.6. The smallest absolute Gasteiger partial charge is 0.271 e. The third-order valence-corrected chi connectivity index (χ3v) is 3.42. The van der Waals surface area contributed by atoms with Crippen molar-refractivity contribution < 1.29 is 9.90 Å². The summed E-state index contributed by atoms with van der Waals surface area (Å²) < 4.78 is 0. The van der Waals surface area contributed by atoms with E-state index in [0.29, 0.717) is 5.56 Å². The van der Waals surface area contributed by atoms with E-state index < -0.39 is 0 Å². The molecule has 0 heterocycles. The Labute approximate surface area is 132 Å². The van der Waals surface area contributed by atoms with Crippen LogP contribution in [0.25, 0.3) is 0 Å². The summed E-state index contributed by atoms with van der Waals surface area (Å²) in [4.78, 5) is 11.8. The van der Waals surface area contributed by atoms with E-state index >= 15 is 0 Å². The van der Waals surface area contributed by atoms with E-state index in [1.54, 1.807) is 12.1 Å². The normalized spacial score (nSPS) is 10.8. The number of nitrogens with zero attached hydrogens (tertiary/aromatic N) is 1. The van der Waals surface area contributed by atoms with E-state index in [1.165, 1.54) is 18.3 Å². The molecule has 0 radical (unpaired) electrons. The van der Waals surface area contributed by atoms with Gasteiger partial charge in [0.05, 0.1) is 21.8 Å². The lowest BCUT2D eigenvalue weighted by Gasteiger charge is -2.04. The second kappa shape index (κ2) is 6.61. The fraction of sp³-hybridized carbons (Fsp3) is 0.0667. The Kier molecular flexibility index (Phi) is 4.83. The number of benzene rings is 2. The molecular weight excluding hydrogens is 311 g/mol. The molecule has 2 aromatic carbocycles. The monoisotopic (exact) mass is 322 g/mol. The third-order valence-electron chi connectivity index (χ3n) is 2.79. The van der Waals surface area contributed by atoms with E-state index in [2.05, 4.69) is 10.5 Å². The molecule has 21 heavy (non-hydrogen) atoms. The number of aromatic hydroxyl groups is 1. The maximum absolute atomic E-state index is 11.8. The second-order valence-electron chi connectivity index (χ2n) is 4.36. The molecule has 1 amide bonds. The van der Waals surface area contributed by atoms with E-state index in [1.807, 2.05) is 19.1 Å². The molecule has 0 atom stereocenters. The average molecular weight is 323 g/mol. The molecule has 0 bridgehead atoms. The van der Waals surface area contributed by atoms with Crippen LogP contribution in [0.3, 0.4) is 0 Å². The Morgan fingerprint density at radius 3 is 2.43 bits per heavy atom. The summed E-state index contributed by atoms with van der Waals surface area (Å²) >= 11 is 11.7. The van der Waals surface area contributed by atoms with Crippen LogP contribution < -0.4 is 5.43 Å². The lowest BCUT2D eigenvalue weighted by molar-refractivity contribution is 0.0955. The molecular formula is C15H12Cl2N2O2. The largest absolute Gasteiger partial charge is 0.506 e. The summed E-state index contributed by atoms with van der Waals surface area (Å²) in [5.41, 5.74) is 4.15. The van der Waals surface area contributed by atoms with Crippen molar-refractivity contribution in [2.45, 2.75) is 6.92 Å².